The second-order valence-electron chi connectivity index (χ2n) is 7.40. The monoisotopic (exact) mass is 464 g/mol. The van der Waals surface area contributed by atoms with Gasteiger partial charge >= 0.3 is 0 Å². The summed E-state index contributed by atoms with van der Waals surface area (Å²) in [6, 6.07) is 14.5. The standard InChI is InChI=1S/C25H21ClN2O5/c1-32-17-5-3-4-15(12-17)14-28-22(16-8-10-27-11-9-16)21(24(30)25(28)31)23(29)19-13-18(33-2)6-7-20(19)26/h3-13,22,29H,14H2,1-2H3/b23-21+. The van der Waals surface area contributed by atoms with E-state index in [-0.39, 0.29) is 28.5 Å². The summed E-state index contributed by atoms with van der Waals surface area (Å²) in [5.41, 5.74) is 1.56. The van der Waals surface area contributed by atoms with Crippen LogP contribution in [0.5, 0.6) is 11.5 Å². The summed E-state index contributed by atoms with van der Waals surface area (Å²) < 4.78 is 10.5. The van der Waals surface area contributed by atoms with Crippen molar-refractivity contribution in [3.8, 4) is 11.5 Å². The number of aromatic nitrogens is 1. The lowest BCUT2D eigenvalue weighted by molar-refractivity contribution is -0.140. The molecule has 1 aliphatic heterocycles. The Bertz CT molecular complexity index is 1240. The van der Waals surface area contributed by atoms with Gasteiger partial charge in [0.05, 0.1) is 30.9 Å². The lowest BCUT2D eigenvalue weighted by Gasteiger charge is -2.25. The molecule has 7 nitrogen and oxygen atoms in total. The third-order valence-electron chi connectivity index (χ3n) is 5.48. The molecule has 8 heteroatoms. The van der Waals surface area contributed by atoms with E-state index in [0.717, 1.165) is 5.56 Å². The molecular formula is C25H21ClN2O5. The van der Waals surface area contributed by atoms with Gasteiger partial charge in [0.15, 0.2) is 0 Å². The van der Waals surface area contributed by atoms with Crippen LogP contribution in [0.25, 0.3) is 5.76 Å². The minimum absolute atomic E-state index is 0.0516. The summed E-state index contributed by atoms with van der Waals surface area (Å²) in [5, 5.41) is 11.4. The number of ketones is 1. The Morgan fingerprint density at radius 3 is 2.42 bits per heavy atom. The SMILES string of the molecule is COc1cccc(CN2C(=O)C(=O)/C(=C(/O)c3cc(OC)ccc3Cl)C2c2ccncc2)c1. The first-order valence-corrected chi connectivity index (χ1v) is 10.5. The molecule has 1 N–H and O–H groups in total. The van der Waals surface area contributed by atoms with Crippen LogP contribution < -0.4 is 9.47 Å². The maximum atomic E-state index is 13.2. The van der Waals surface area contributed by atoms with Gasteiger partial charge in [-0.1, -0.05) is 23.7 Å². The highest BCUT2D eigenvalue weighted by Gasteiger charge is 2.46. The summed E-state index contributed by atoms with van der Waals surface area (Å²) in [6.45, 7) is 0.136. The predicted octanol–water partition coefficient (Wildman–Crippen LogP) is 4.37. The van der Waals surface area contributed by atoms with E-state index in [1.807, 2.05) is 12.1 Å². The summed E-state index contributed by atoms with van der Waals surface area (Å²) >= 11 is 6.32. The third-order valence-corrected chi connectivity index (χ3v) is 5.81. The number of hydrogen-bond donors (Lipinski definition) is 1. The van der Waals surface area contributed by atoms with Gasteiger partial charge in [0.25, 0.3) is 11.7 Å². The molecule has 1 amide bonds. The van der Waals surface area contributed by atoms with E-state index in [2.05, 4.69) is 4.98 Å². The number of likely N-dealkylation sites (tertiary alicyclic amines) is 1. The topological polar surface area (TPSA) is 89.0 Å². The molecule has 4 rings (SSSR count). The van der Waals surface area contributed by atoms with Crippen LogP contribution in [0.3, 0.4) is 0 Å². The molecule has 0 radical (unpaired) electrons. The average molecular weight is 465 g/mol. The van der Waals surface area contributed by atoms with Gasteiger partial charge in [-0.15, -0.1) is 0 Å². The van der Waals surface area contributed by atoms with Gasteiger partial charge in [0.2, 0.25) is 0 Å². The van der Waals surface area contributed by atoms with Crippen molar-refractivity contribution in [2.45, 2.75) is 12.6 Å². The quantitative estimate of drug-likeness (QED) is 0.331. The predicted molar refractivity (Wildman–Crippen MR) is 123 cm³/mol. The largest absolute Gasteiger partial charge is 0.507 e. The molecule has 1 fully saturated rings. The first-order valence-electron chi connectivity index (χ1n) is 10.1. The van der Waals surface area contributed by atoms with Crippen LogP contribution in [0.1, 0.15) is 22.7 Å². The molecule has 1 aliphatic rings. The van der Waals surface area contributed by atoms with E-state index in [9.17, 15) is 14.7 Å². The molecule has 1 atom stereocenters. The van der Waals surface area contributed by atoms with Crippen LogP contribution in [-0.4, -0.2) is 40.9 Å². The lowest BCUT2D eigenvalue weighted by atomic mass is 9.95. The first-order chi connectivity index (χ1) is 15.9. The maximum Gasteiger partial charge on any atom is 0.295 e. The Kier molecular flexibility index (Phi) is 6.33. The second-order valence-corrected chi connectivity index (χ2v) is 7.81. The van der Waals surface area contributed by atoms with Gasteiger partial charge in [0.1, 0.15) is 17.3 Å². The van der Waals surface area contributed by atoms with Crippen molar-refractivity contribution < 1.29 is 24.2 Å². The fourth-order valence-electron chi connectivity index (χ4n) is 3.86. The van der Waals surface area contributed by atoms with E-state index in [1.165, 1.54) is 18.1 Å². The Balaban J connectivity index is 1.87. The van der Waals surface area contributed by atoms with Gasteiger partial charge in [-0.05, 0) is 53.6 Å². The number of carbonyl (C=O) groups is 2. The maximum absolute atomic E-state index is 13.2. The van der Waals surface area contributed by atoms with Gasteiger partial charge < -0.3 is 19.5 Å². The molecule has 33 heavy (non-hydrogen) atoms. The zero-order chi connectivity index (χ0) is 23.5. The number of halogens is 1. The van der Waals surface area contributed by atoms with Crippen molar-refractivity contribution in [3.63, 3.8) is 0 Å². The highest BCUT2D eigenvalue weighted by Crippen LogP contribution is 2.41. The number of ether oxygens (including phenoxy) is 2. The smallest absolute Gasteiger partial charge is 0.295 e. The van der Waals surface area contributed by atoms with E-state index in [4.69, 9.17) is 21.1 Å². The van der Waals surface area contributed by atoms with Crippen LogP contribution in [0.2, 0.25) is 5.02 Å². The summed E-state index contributed by atoms with van der Waals surface area (Å²) in [4.78, 5) is 31.8. The molecule has 168 valence electrons. The van der Waals surface area contributed by atoms with Gasteiger partial charge in [-0.2, -0.15) is 0 Å². The molecule has 1 unspecified atom stereocenters. The fraction of sp³-hybridized carbons (Fsp3) is 0.160. The number of methoxy groups -OCH3 is 2. The summed E-state index contributed by atoms with van der Waals surface area (Å²) in [5.74, 6) is -0.803. The molecule has 1 saturated heterocycles. The van der Waals surface area contributed by atoms with Gasteiger partial charge in [-0.25, -0.2) is 0 Å². The minimum Gasteiger partial charge on any atom is -0.507 e. The molecule has 2 aromatic carbocycles. The van der Waals surface area contributed by atoms with E-state index < -0.39 is 17.7 Å². The third kappa shape index (κ3) is 4.27. The number of aliphatic hydroxyl groups excluding tert-OH is 1. The normalized spacial score (nSPS) is 17.3. The lowest BCUT2D eigenvalue weighted by Crippen LogP contribution is -2.29. The number of aliphatic hydroxyl groups is 1. The number of nitrogens with zero attached hydrogens (tertiary/aromatic N) is 2. The van der Waals surface area contributed by atoms with Crippen molar-refractivity contribution in [3.05, 3.63) is 94.3 Å². The van der Waals surface area contributed by atoms with Crippen LogP contribution in [0, 0.1) is 0 Å². The summed E-state index contributed by atoms with van der Waals surface area (Å²) in [7, 11) is 3.04. The Morgan fingerprint density at radius 2 is 1.73 bits per heavy atom. The zero-order valence-electron chi connectivity index (χ0n) is 18.0. The van der Waals surface area contributed by atoms with Crippen LogP contribution >= 0.6 is 11.6 Å². The molecule has 3 aromatic rings. The number of pyridine rings is 1. The van der Waals surface area contributed by atoms with Crippen molar-refractivity contribution in [2.24, 2.45) is 0 Å². The molecular weight excluding hydrogens is 444 g/mol. The van der Waals surface area contributed by atoms with Crippen LogP contribution in [-0.2, 0) is 16.1 Å². The number of hydrogen-bond acceptors (Lipinski definition) is 6. The highest BCUT2D eigenvalue weighted by molar-refractivity contribution is 6.47. The van der Waals surface area contributed by atoms with Crippen molar-refractivity contribution >= 4 is 29.1 Å². The molecule has 0 bridgehead atoms. The number of carbonyl (C=O) groups excluding carboxylic acids is 2. The Morgan fingerprint density at radius 1 is 1.03 bits per heavy atom. The van der Waals surface area contributed by atoms with E-state index in [1.54, 1.807) is 55.9 Å². The number of rotatable bonds is 6. The molecule has 0 spiro atoms. The molecule has 0 saturated carbocycles. The molecule has 1 aromatic heterocycles. The molecule has 2 heterocycles. The number of Topliss-reactive ketones (excluding diaryl/α,β-unsaturated/α-hetero) is 1. The number of amides is 1. The second kappa shape index (κ2) is 9.34. The zero-order valence-corrected chi connectivity index (χ0v) is 18.7. The fourth-order valence-corrected chi connectivity index (χ4v) is 4.07. The minimum atomic E-state index is -0.832. The van der Waals surface area contributed by atoms with Crippen LogP contribution in [0.15, 0.2) is 72.6 Å². The Labute approximate surface area is 195 Å². The Hall–Kier alpha value is -3.84. The van der Waals surface area contributed by atoms with Gasteiger partial charge in [-0.3, -0.25) is 14.6 Å². The van der Waals surface area contributed by atoms with E-state index >= 15 is 0 Å². The highest BCUT2D eigenvalue weighted by atomic mass is 35.5. The average Bonchev–Trinajstić information content (AvgIpc) is 3.09. The van der Waals surface area contributed by atoms with Crippen LogP contribution in [0.4, 0.5) is 0 Å². The van der Waals surface area contributed by atoms with Crippen molar-refractivity contribution in [1.29, 1.82) is 0 Å². The summed E-state index contributed by atoms with van der Waals surface area (Å²) in [6.07, 6.45) is 3.14. The van der Waals surface area contributed by atoms with E-state index in [0.29, 0.717) is 17.1 Å². The number of benzene rings is 2. The molecule has 0 aliphatic carbocycles. The first kappa shape index (κ1) is 22.4. The van der Waals surface area contributed by atoms with Gasteiger partial charge in [0, 0.05) is 24.5 Å². The van der Waals surface area contributed by atoms with Crippen molar-refractivity contribution in [1.82, 2.24) is 9.88 Å². The van der Waals surface area contributed by atoms with Crippen molar-refractivity contribution in [2.75, 3.05) is 14.2 Å².